The van der Waals surface area contributed by atoms with Gasteiger partial charge >= 0.3 is 0 Å². The number of aryl methyl sites for hydroxylation is 1. The fourth-order valence-electron chi connectivity index (χ4n) is 2.31. The highest BCUT2D eigenvalue weighted by molar-refractivity contribution is 14.0. The highest BCUT2D eigenvalue weighted by Crippen LogP contribution is 2.36. The molecular formula is C15H26IN3S2. The van der Waals surface area contributed by atoms with E-state index in [1.54, 1.807) is 11.3 Å². The Hall–Kier alpha value is 0.0500. The van der Waals surface area contributed by atoms with E-state index < -0.39 is 0 Å². The number of hydrogen-bond acceptors (Lipinski definition) is 3. The lowest BCUT2D eigenvalue weighted by Gasteiger charge is -2.24. The van der Waals surface area contributed by atoms with Crippen LogP contribution in [0.25, 0.3) is 0 Å². The summed E-state index contributed by atoms with van der Waals surface area (Å²) in [6.45, 7) is 9.27. The van der Waals surface area contributed by atoms with Crippen LogP contribution in [-0.4, -0.2) is 29.5 Å². The minimum absolute atomic E-state index is 0. The zero-order valence-electron chi connectivity index (χ0n) is 13.1. The van der Waals surface area contributed by atoms with Crippen molar-refractivity contribution in [2.75, 3.05) is 18.8 Å². The van der Waals surface area contributed by atoms with Gasteiger partial charge in [0.15, 0.2) is 5.96 Å². The van der Waals surface area contributed by atoms with Crippen molar-refractivity contribution < 1.29 is 0 Å². The van der Waals surface area contributed by atoms with Gasteiger partial charge in [-0.1, -0.05) is 0 Å². The van der Waals surface area contributed by atoms with Gasteiger partial charge in [0, 0.05) is 22.7 Å². The first-order chi connectivity index (χ1) is 9.63. The molecule has 1 fully saturated rings. The van der Waals surface area contributed by atoms with Crippen LogP contribution in [0.4, 0.5) is 0 Å². The van der Waals surface area contributed by atoms with Gasteiger partial charge in [0.1, 0.15) is 0 Å². The van der Waals surface area contributed by atoms with Crippen molar-refractivity contribution in [2.24, 2.45) is 4.99 Å². The maximum atomic E-state index is 4.70. The van der Waals surface area contributed by atoms with Crippen molar-refractivity contribution in [1.29, 1.82) is 0 Å². The maximum absolute atomic E-state index is 4.70. The van der Waals surface area contributed by atoms with Crippen molar-refractivity contribution in [1.82, 2.24) is 10.6 Å². The van der Waals surface area contributed by atoms with Crippen molar-refractivity contribution in [3.8, 4) is 0 Å². The predicted octanol–water partition coefficient (Wildman–Crippen LogP) is 4.02. The van der Waals surface area contributed by atoms with Gasteiger partial charge in [0.25, 0.3) is 0 Å². The number of thioether (sulfide) groups is 1. The van der Waals surface area contributed by atoms with Crippen LogP contribution in [0, 0.1) is 6.92 Å². The van der Waals surface area contributed by atoms with Gasteiger partial charge in [-0.05, 0) is 56.4 Å². The summed E-state index contributed by atoms with van der Waals surface area (Å²) in [6.07, 6.45) is 2.64. The first-order valence-corrected chi connectivity index (χ1v) is 9.18. The fraction of sp³-hybridized carbons (Fsp3) is 0.667. The maximum Gasteiger partial charge on any atom is 0.191 e. The summed E-state index contributed by atoms with van der Waals surface area (Å²) in [5.74, 6) is 2.23. The van der Waals surface area contributed by atoms with Crippen molar-refractivity contribution >= 4 is 53.0 Å². The molecule has 21 heavy (non-hydrogen) atoms. The van der Waals surface area contributed by atoms with E-state index >= 15 is 0 Å². The highest BCUT2D eigenvalue weighted by atomic mass is 127. The molecule has 3 nitrogen and oxygen atoms in total. The second kappa shape index (κ2) is 9.25. The summed E-state index contributed by atoms with van der Waals surface area (Å²) in [7, 11) is 0. The molecule has 2 heterocycles. The Bertz CT molecular complexity index is 454. The average Bonchev–Trinajstić information content (AvgIpc) is 3.03. The normalized spacial score (nSPS) is 22.0. The first-order valence-electron chi connectivity index (χ1n) is 7.32. The number of rotatable bonds is 5. The van der Waals surface area contributed by atoms with Crippen molar-refractivity contribution in [3.05, 3.63) is 21.9 Å². The van der Waals surface area contributed by atoms with E-state index in [0.29, 0.717) is 4.75 Å². The molecular weight excluding hydrogens is 413 g/mol. The van der Waals surface area contributed by atoms with E-state index in [0.717, 1.165) is 25.6 Å². The summed E-state index contributed by atoms with van der Waals surface area (Å²) < 4.78 is 0.370. The number of guanidine groups is 1. The number of nitrogens with one attached hydrogen (secondary N) is 2. The summed E-state index contributed by atoms with van der Waals surface area (Å²) in [5.41, 5.74) is 1.34. The number of nitrogens with zero attached hydrogens (tertiary/aromatic N) is 1. The third kappa shape index (κ3) is 5.98. The number of aliphatic imine (C=N–C) groups is 1. The summed E-state index contributed by atoms with van der Waals surface area (Å²) >= 11 is 3.87. The molecule has 6 heteroatoms. The smallest absolute Gasteiger partial charge is 0.191 e. The van der Waals surface area contributed by atoms with E-state index in [9.17, 15) is 0 Å². The van der Waals surface area contributed by atoms with Gasteiger partial charge in [0.05, 0.1) is 6.54 Å². The molecule has 1 aromatic rings. The molecule has 1 aliphatic heterocycles. The van der Waals surface area contributed by atoms with Gasteiger partial charge in [-0.15, -0.1) is 35.3 Å². The second-order valence-electron chi connectivity index (χ2n) is 5.48. The minimum atomic E-state index is 0. The molecule has 1 saturated heterocycles. The lowest BCUT2D eigenvalue weighted by molar-refractivity contribution is 0.584. The van der Waals surface area contributed by atoms with Crippen LogP contribution < -0.4 is 10.6 Å². The highest BCUT2D eigenvalue weighted by Gasteiger charge is 2.29. The Labute approximate surface area is 153 Å². The van der Waals surface area contributed by atoms with Crippen molar-refractivity contribution in [3.63, 3.8) is 0 Å². The Morgan fingerprint density at radius 1 is 1.43 bits per heavy atom. The molecule has 0 amide bonds. The minimum Gasteiger partial charge on any atom is -0.357 e. The van der Waals surface area contributed by atoms with E-state index in [-0.39, 0.29) is 24.0 Å². The SMILES string of the molecule is CCNC(=NCc1sccc1C)NCC1(C)CCCS1.I. The lowest BCUT2D eigenvalue weighted by atomic mass is 10.1. The number of thiophene rings is 1. The van der Waals surface area contributed by atoms with Gasteiger partial charge in [-0.3, -0.25) is 0 Å². The van der Waals surface area contributed by atoms with Crippen molar-refractivity contribution in [2.45, 2.75) is 44.9 Å². The average molecular weight is 439 g/mol. The zero-order valence-corrected chi connectivity index (χ0v) is 17.0. The Kier molecular flexibility index (Phi) is 8.41. The van der Waals surface area contributed by atoms with E-state index in [4.69, 9.17) is 4.99 Å². The summed E-state index contributed by atoms with van der Waals surface area (Å²) in [5, 5.41) is 8.98. The van der Waals surface area contributed by atoms with E-state index in [1.807, 2.05) is 0 Å². The van der Waals surface area contributed by atoms with Gasteiger partial charge in [0.2, 0.25) is 0 Å². The molecule has 0 aromatic carbocycles. The van der Waals surface area contributed by atoms with Crippen LogP contribution in [-0.2, 0) is 6.54 Å². The van der Waals surface area contributed by atoms with E-state index in [1.165, 1.54) is 29.0 Å². The molecule has 0 bridgehead atoms. The van der Waals surface area contributed by atoms with Gasteiger partial charge in [-0.25, -0.2) is 4.99 Å². The van der Waals surface area contributed by atoms with Gasteiger partial charge in [-0.2, -0.15) is 11.8 Å². The number of hydrogen-bond donors (Lipinski definition) is 2. The third-order valence-electron chi connectivity index (χ3n) is 3.62. The van der Waals surface area contributed by atoms with Gasteiger partial charge < -0.3 is 10.6 Å². The molecule has 0 radical (unpaired) electrons. The quantitative estimate of drug-likeness (QED) is 0.414. The zero-order chi connectivity index (χ0) is 14.4. The largest absolute Gasteiger partial charge is 0.357 e. The third-order valence-corrected chi connectivity index (χ3v) is 6.17. The van der Waals surface area contributed by atoms with Crippen LogP contribution in [0.15, 0.2) is 16.4 Å². The Morgan fingerprint density at radius 3 is 2.81 bits per heavy atom. The molecule has 120 valence electrons. The molecule has 1 aliphatic rings. The van der Waals surface area contributed by atoms with Crippen LogP contribution in [0.5, 0.6) is 0 Å². The molecule has 2 N–H and O–H groups in total. The molecule has 0 aliphatic carbocycles. The predicted molar refractivity (Wildman–Crippen MR) is 107 cm³/mol. The van der Waals surface area contributed by atoms with Crippen LogP contribution in [0.2, 0.25) is 0 Å². The molecule has 1 atom stereocenters. The standard InChI is InChI=1S/C15H25N3S2.HI/c1-4-16-14(17-10-13-12(2)6-9-19-13)18-11-15(3)7-5-8-20-15;/h6,9H,4-5,7-8,10-11H2,1-3H3,(H2,16,17,18);1H. The molecule has 0 saturated carbocycles. The second-order valence-corrected chi connectivity index (χ2v) is 8.16. The van der Waals surface area contributed by atoms with Crippen LogP contribution in [0.3, 0.4) is 0 Å². The monoisotopic (exact) mass is 439 g/mol. The summed E-state index contributed by atoms with van der Waals surface area (Å²) in [4.78, 5) is 6.06. The first kappa shape index (κ1) is 19.1. The Balaban J connectivity index is 0.00000220. The molecule has 1 aromatic heterocycles. The number of halogens is 1. The fourth-order valence-corrected chi connectivity index (χ4v) is 4.38. The van der Waals surface area contributed by atoms with Crippen LogP contribution >= 0.6 is 47.1 Å². The molecule has 0 spiro atoms. The van der Waals surface area contributed by atoms with Crippen LogP contribution in [0.1, 0.15) is 37.1 Å². The lowest BCUT2D eigenvalue weighted by Crippen LogP contribution is -2.43. The topological polar surface area (TPSA) is 36.4 Å². The summed E-state index contributed by atoms with van der Waals surface area (Å²) in [6, 6.07) is 2.16. The molecule has 1 unspecified atom stereocenters. The van der Waals surface area contributed by atoms with E-state index in [2.05, 4.69) is 54.6 Å². The molecule has 2 rings (SSSR count). The Morgan fingerprint density at radius 2 is 2.24 bits per heavy atom.